The van der Waals surface area contributed by atoms with Gasteiger partial charge in [0.15, 0.2) is 5.69 Å². The lowest BCUT2D eigenvalue weighted by atomic mass is 10.0. The SMILES string of the molecule is O=C1Nc2ccccc2[N+]1([O-])C1CCNCC1. The van der Waals surface area contributed by atoms with E-state index in [1.165, 1.54) is 0 Å². The highest BCUT2D eigenvalue weighted by Crippen LogP contribution is 2.41. The number of carbonyl (C=O) groups excluding carboxylic acids is 1. The number of hydrogen-bond donors (Lipinski definition) is 2. The average molecular weight is 233 g/mol. The molecule has 0 bridgehead atoms. The van der Waals surface area contributed by atoms with Crippen LogP contribution in [0.3, 0.4) is 0 Å². The number of fused-ring (bicyclic) bond motifs is 1. The Bertz CT molecular complexity index is 457. The monoisotopic (exact) mass is 233 g/mol. The Morgan fingerprint density at radius 1 is 1.24 bits per heavy atom. The lowest BCUT2D eigenvalue weighted by Crippen LogP contribution is -2.57. The van der Waals surface area contributed by atoms with Crippen molar-refractivity contribution in [3.8, 4) is 0 Å². The first-order valence-corrected chi connectivity index (χ1v) is 5.94. The van der Waals surface area contributed by atoms with Crippen molar-refractivity contribution < 1.29 is 4.79 Å². The fourth-order valence-corrected chi connectivity index (χ4v) is 2.71. The summed E-state index contributed by atoms with van der Waals surface area (Å²) in [5.74, 6) is 0. The number of urea groups is 1. The van der Waals surface area contributed by atoms with Gasteiger partial charge in [-0.15, -0.1) is 0 Å². The number of quaternary nitrogens is 1. The largest absolute Gasteiger partial charge is 0.618 e. The molecule has 17 heavy (non-hydrogen) atoms. The van der Waals surface area contributed by atoms with Gasteiger partial charge in [0.2, 0.25) is 0 Å². The number of piperidine rings is 1. The van der Waals surface area contributed by atoms with Crippen LogP contribution in [0.25, 0.3) is 0 Å². The Morgan fingerprint density at radius 3 is 2.71 bits per heavy atom. The van der Waals surface area contributed by atoms with E-state index < -0.39 is 10.7 Å². The van der Waals surface area contributed by atoms with E-state index in [1.54, 1.807) is 12.1 Å². The van der Waals surface area contributed by atoms with Crippen LogP contribution in [-0.4, -0.2) is 25.2 Å². The second kappa shape index (κ2) is 3.80. The normalized spacial score (nSPS) is 28.9. The van der Waals surface area contributed by atoms with Gasteiger partial charge in [0, 0.05) is 32.0 Å². The van der Waals surface area contributed by atoms with Gasteiger partial charge >= 0.3 is 6.03 Å². The van der Waals surface area contributed by atoms with Gasteiger partial charge in [0.25, 0.3) is 0 Å². The zero-order valence-electron chi connectivity index (χ0n) is 9.48. The molecule has 2 aliphatic rings. The number of hydroxylamine groups is 2. The number of nitrogens with zero attached hydrogens (tertiary/aromatic N) is 1. The van der Waals surface area contributed by atoms with Crippen LogP contribution in [0.1, 0.15) is 12.8 Å². The van der Waals surface area contributed by atoms with Crippen LogP contribution in [-0.2, 0) is 0 Å². The number of nitrogens with one attached hydrogen (secondary N) is 2. The number of rotatable bonds is 1. The number of benzene rings is 1. The summed E-state index contributed by atoms with van der Waals surface area (Å²) in [4.78, 5) is 12.0. The maximum absolute atomic E-state index is 12.9. The summed E-state index contributed by atoms with van der Waals surface area (Å²) in [6.45, 7) is 1.62. The predicted octanol–water partition coefficient (Wildman–Crippen LogP) is 1.79. The summed E-state index contributed by atoms with van der Waals surface area (Å²) in [6, 6.07) is 6.56. The van der Waals surface area contributed by atoms with Crippen LogP contribution >= 0.6 is 0 Å². The van der Waals surface area contributed by atoms with Crippen molar-refractivity contribution in [1.82, 2.24) is 9.96 Å². The van der Waals surface area contributed by atoms with Crippen LogP contribution < -0.4 is 15.3 Å². The second-order valence-electron chi connectivity index (χ2n) is 4.59. The number of para-hydroxylation sites is 2. The Balaban J connectivity index is 2.03. The highest BCUT2D eigenvalue weighted by atomic mass is 16.6. The second-order valence-corrected chi connectivity index (χ2v) is 4.59. The van der Waals surface area contributed by atoms with Gasteiger partial charge in [-0.2, -0.15) is 0 Å². The molecule has 1 aromatic rings. The van der Waals surface area contributed by atoms with E-state index in [2.05, 4.69) is 10.6 Å². The van der Waals surface area contributed by atoms with Crippen molar-refractivity contribution in [3.63, 3.8) is 0 Å². The van der Waals surface area contributed by atoms with Gasteiger partial charge in [-0.3, -0.25) is 5.32 Å². The maximum atomic E-state index is 12.9. The lowest BCUT2D eigenvalue weighted by molar-refractivity contribution is 0.205. The van der Waals surface area contributed by atoms with Gasteiger partial charge in [-0.25, -0.2) is 9.44 Å². The zero-order valence-corrected chi connectivity index (χ0v) is 9.48. The van der Waals surface area contributed by atoms with Crippen molar-refractivity contribution in [3.05, 3.63) is 29.5 Å². The molecule has 2 amide bonds. The molecule has 5 nitrogen and oxygen atoms in total. The Hall–Kier alpha value is -1.43. The predicted molar refractivity (Wildman–Crippen MR) is 66.5 cm³/mol. The van der Waals surface area contributed by atoms with Gasteiger partial charge in [-0.1, -0.05) is 12.1 Å². The third-order valence-electron chi connectivity index (χ3n) is 3.63. The number of anilines is 1. The van der Waals surface area contributed by atoms with Crippen LogP contribution in [0.2, 0.25) is 0 Å². The van der Waals surface area contributed by atoms with Crippen molar-refractivity contribution in [1.29, 1.82) is 0 Å². The molecule has 0 saturated carbocycles. The highest BCUT2D eigenvalue weighted by molar-refractivity contribution is 6.08. The molecule has 1 atom stereocenters. The summed E-state index contributed by atoms with van der Waals surface area (Å²) < 4.78 is -0.835. The van der Waals surface area contributed by atoms with Gasteiger partial charge < -0.3 is 10.5 Å². The minimum absolute atomic E-state index is 0.167. The van der Waals surface area contributed by atoms with Crippen molar-refractivity contribution in [2.45, 2.75) is 18.9 Å². The Morgan fingerprint density at radius 2 is 1.94 bits per heavy atom. The van der Waals surface area contributed by atoms with Crippen LogP contribution in [0.15, 0.2) is 24.3 Å². The summed E-state index contributed by atoms with van der Waals surface area (Å²) in [6.07, 6.45) is 1.48. The fourth-order valence-electron chi connectivity index (χ4n) is 2.71. The number of carbonyl (C=O) groups is 1. The fraction of sp³-hybridized carbons (Fsp3) is 0.417. The van der Waals surface area contributed by atoms with Gasteiger partial charge in [0.05, 0.1) is 0 Å². The van der Waals surface area contributed by atoms with Crippen LogP contribution in [0.5, 0.6) is 0 Å². The quantitative estimate of drug-likeness (QED) is 0.574. The summed E-state index contributed by atoms with van der Waals surface area (Å²) in [7, 11) is 0. The van der Waals surface area contributed by atoms with Crippen LogP contribution in [0.4, 0.5) is 16.2 Å². The standard InChI is InChI=1S/C12H15N3O2/c16-12-14-10-3-1-2-4-11(10)15(12,17)9-5-7-13-8-6-9/h1-4,9,13H,5-8H2,(H,14,16). The highest BCUT2D eigenvalue weighted by Gasteiger charge is 2.45. The maximum Gasteiger partial charge on any atom is 0.426 e. The molecule has 1 unspecified atom stereocenters. The Labute approximate surface area is 99.6 Å². The van der Waals surface area contributed by atoms with E-state index in [0.29, 0.717) is 11.4 Å². The summed E-state index contributed by atoms with van der Waals surface area (Å²) >= 11 is 0. The van der Waals surface area contributed by atoms with E-state index in [0.717, 1.165) is 25.9 Å². The van der Waals surface area contributed by atoms with E-state index >= 15 is 0 Å². The molecule has 0 radical (unpaired) electrons. The first-order chi connectivity index (χ1) is 8.23. The molecule has 0 spiro atoms. The van der Waals surface area contributed by atoms with Gasteiger partial charge in [-0.05, 0) is 6.07 Å². The molecule has 2 aliphatic heterocycles. The molecule has 3 rings (SSSR count). The van der Waals surface area contributed by atoms with Crippen molar-refractivity contribution in [2.75, 3.05) is 18.4 Å². The summed E-state index contributed by atoms with van der Waals surface area (Å²) in [5, 5.41) is 18.8. The molecule has 0 aliphatic carbocycles. The molecular formula is C12H15N3O2. The molecule has 1 fully saturated rings. The zero-order chi connectivity index (χ0) is 11.9. The van der Waals surface area contributed by atoms with Gasteiger partial charge in [0.1, 0.15) is 11.7 Å². The van der Waals surface area contributed by atoms with Crippen molar-refractivity contribution in [2.24, 2.45) is 0 Å². The summed E-state index contributed by atoms with van der Waals surface area (Å²) in [5.41, 5.74) is 1.22. The smallest absolute Gasteiger partial charge is 0.426 e. The molecular weight excluding hydrogens is 218 g/mol. The topological polar surface area (TPSA) is 64.2 Å². The molecule has 2 heterocycles. The molecule has 0 aromatic heterocycles. The van der Waals surface area contributed by atoms with E-state index in [-0.39, 0.29) is 6.04 Å². The van der Waals surface area contributed by atoms with Crippen molar-refractivity contribution >= 4 is 17.4 Å². The molecule has 90 valence electrons. The first kappa shape index (κ1) is 10.7. The first-order valence-electron chi connectivity index (χ1n) is 5.94. The van der Waals surface area contributed by atoms with Crippen LogP contribution in [0, 0.1) is 5.21 Å². The van der Waals surface area contributed by atoms with E-state index in [1.807, 2.05) is 12.1 Å². The molecule has 2 N–H and O–H groups in total. The molecule has 5 heteroatoms. The third-order valence-corrected chi connectivity index (χ3v) is 3.63. The van der Waals surface area contributed by atoms with E-state index in [9.17, 15) is 10.0 Å². The average Bonchev–Trinajstić information content (AvgIpc) is 2.64. The lowest BCUT2D eigenvalue weighted by Gasteiger charge is -2.43. The molecule has 1 aromatic carbocycles. The Kier molecular flexibility index (Phi) is 2.39. The third kappa shape index (κ3) is 1.47. The minimum atomic E-state index is -0.835. The van der Waals surface area contributed by atoms with E-state index in [4.69, 9.17) is 0 Å². The number of hydrogen-bond acceptors (Lipinski definition) is 3. The number of amides is 2. The molecule has 1 saturated heterocycles. The minimum Gasteiger partial charge on any atom is -0.618 e.